The Morgan fingerprint density at radius 3 is 2.55 bits per heavy atom. The number of hydrogen-bond donors (Lipinski definition) is 2. The molecular weight excluding hydrogens is 256 g/mol. The maximum absolute atomic E-state index is 9.43. The van der Waals surface area contributed by atoms with E-state index in [9.17, 15) is 10.2 Å². The second-order valence-electron chi connectivity index (χ2n) is 4.29. The molecule has 0 aliphatic rings. The summed E-state index contributed by atoms with van der Waals surface area (Å²) in [5, 5.41) is 18.8. The minimum Gasteiger partial charge on any atom is -0.508 e. The summed E-state index contributed by atoms with van der Waals surface area (Å²) >= 11 is 0. The third kappa shape index (κ3) is 3.42. The normalized spacial score (nSPS) is 10.3. The number of aliphatic hydroxyl groups excluding tert-OH is 1. The Hall–Kier alpha value is -2.20. The molecular formula is C16H18O4. The van der Waals surface area contributed by atoms with Gasteiger partial charge in [0, 0.05) is 5.56 Å². The molecule has 0 bridgehead atoms. The number of hydrogen-bond acceptors (Lipinski definition) is 4. The fraction of sp³-hybridized carbons (Fsp3) is 0.250. The van der Waals surface area contributed by atoms with E-state index in [1.165, 1.54) is 0 Å². The Morgan fingerprint density at radius 1 is 1.05 bits per heavy atom. The molecule has 0 spiro atoms. The molecule has 0 heterocycles. The summed E-state index contributed by atoms with van der Waals surface area (Å²) in [4.78, 5) is 0. The van der Waals surface area contributed by atoms with E-state index in [-0.39, 0.29) is 12.4 Å². The fourth-order valence-electron chi connectivity index (χ4n) is 1.92. The molecule has 20 heavy (non-hydrogen) atoms. The van der Waals surface area contributed by atoms with Crippen LogP contribution in [0.15, 0.2) is 42.5 Å². The van der Waals surface area contributed by atoms with Gasteiger partial charge in [0.15, 0.2) is 11.5 Å². The van der Waals surface area contributed by atoms with Crippen molar-refractivity contribution in [3.05, 3.63) is 53.6 Å². The Labute approximate surface area is 118 Å². The summed E-state index contributed by atoms with van der Waals surface area (Å²) in [5.41, 5.74) is 1.52. The van der Waals surface area contributed by atoms with Gasteiger partial charge in [-0.2, -0.15) is 0 Å². The number of phenols is 1. The molecule has 0 saturated heterocycles. The van der Waals surface area contributed by atoms with Crippen LogP contribution in [-0.2, 0) is 13.2 Å². The first-order chi connectivity index (χ1) is 9.74. The lowest BCUT2D eigenvalue weighted by Gasteiger charge is -2.15. The predicted octanol–water partition coefficient (Wildman–Crippen LogP) is 2.86. The minimum absolute atomic E-state index is 0.115. The number of benzene rings is 2. The molecule has 0 aliphatic heterocycles. The minimum atomic E-state index is -0.115. The first-order valence-corrected chi connectivity index (χ1v) is 6.51. The smallest absolute Gasteiger partial charge is 0.167 e. The standard InChI is InChI=1S/C16H18O4/c1-2-19-15-8-4-6-13(10-17)16(15)20-11-12-5-3-7-14(18)9-12/h3-9,17-18H,2,10-11H2,1H3. The van der Waals surface area contributed by atoms with E-state index in [1.54, 1.807) is 30.3 Å². The van der Waals surface area contributed by atoms with Crippen LogP contribution in [0.4, 0.5) is 0 Å². The van der Waals surface area contributed by atoms with Gasteiger partial charge < -0.3 is 19.7 Å². The van der Waals surface area contributed by atoms with Gasteiger partial charge in [0.25, 0.3) is 0 Å². The van der Waals surface area contributed by atoms with Crippen LogP contribution in [0.2, 0.25) is 0 Å². The van der Waals surface area contributed by atoms with Crippen molar-refractivity contribution in [2.24, 2.45) is 0 Å². The van der Waals surface area contributed by atoms with Crippen LogP contribution in [0, 0.1) is 0 Å². The number of para-hydroxylation sites is 1. The van der Waals surface area contributed by atoms with Gasteiger partial charge in [-0.15, -0.1) is 0 Å². The lowest BCUT2D eigenvalue weighted by Crippen LogP contribution is -2.02. The fourth-order valence-corrected chi connectivity index (χ4v) is 1.92. The monoisotopic (exact) mass is 274 g/mol. The molecule has 0 atom stereocenters. The van der Waals surface area contributed by atoms with E-state index < -0.39 is 0 Å². The first-order valence-electron chi connectivity index (χ1n) is 6.51. The average Bonchev–Trinajstić information content (AvgIpc) is 2.46. The third-order valence-corrected chi connectivity index (χ3v) is 2.82. The number of phenolic OH excluding ortho intramolecular Hbond substituents is 1. The molecule has 0 unspecified atom stereocenters. The molecule has 0 saturated carbocycles. The Morgan fingerprint density at radius 2 is 1.85 bits per heavy atom. The van der Waals surface area contributed by atoms with Gasteiger partial charge in [0.2, 0.25) is 0 Å². The van der Waals surface area contributed by atoms with Gasteiger partial charge >= 0.3 is 0 Å². The topological polar surface area (TPSA) is 58.9 Å². The Bertz CT molecular complexity index is 566. The largest absolute Gasteiger partial charge is 0.508 e. The van der Waals surface area contributed by atoms with Crippen LogP contribution in [0.5, 0.6) is 17.2 Å². The predicted molar refractivity (Wildman–Crippen MR) is 76.0 cm³/mol. The maximum Gasteiger partial charge on any atom is 0.167 e. The molecule has 0 aliphatic carbocycles. The van der Waals surface area contributed by atoms with Crippen LogP contribution in [0.1, 0.15) is 18.1 Å². The lowest BCUT2D eigenvalue weighted by atomic mass is 10.2. The molecule has 0 aromatic heterocycles. The SMILES string of the molecule is CCOc1cccc(CO)c1OCc1cccc(O)c1. The summed E-state index contributed by atoms with van der Waals surface area (Å²) in [6, 6.07) is 12.3. The highest BCUT2D eigenvalue weighted by Gasteiger charge is 2.10. The van der Waals surface area contributed by atoms with Crippen molar-refractivity contribution in [3.63, 3.8) is 0 Å². The molecule has 0 amide bonds. The molecule has 4 nitrogen and oxygen atoms in total. The molecule has 0 radical (unpaired) electrons. The van der Waals surface area contributed by atoms with Crippen molar-refractivity contribution in [2.45, 2.75) is 20.1 Å². The van der Waals surface area contributed by atoms with Crippen molar-refractivity contribution < 1.29 is 19.7 Å². The lowest BCUT2D eigenvalue weighted by molar-refractivity contribution is 0.243. The van der Waals surface area contributed by atoms with E-state index in [0.717, 1.165) is 5.56 Å². The second-order valence-corrected chi connectivity index (χ2v) is 4.29. The van der Waals surface area contributed by atoms with Gasteiger partial charge in [-0.05, 0) is 30.7 Å². The molecule has 0 fully saturated rings. The molecule has 2 rings (SSSR count). The zero-order chi connectivity index (χ0) is 14.4. The van der Waals surface area contributed by atoms with Crippen molar-refractivity contribution in [1.29, 1.82) is 0 Å². The highest BCUT2D eigenvalue weighted by atomic mass is 16.5. The summed E-state index contributed by atoms with van der Waals surface area (Å²) in [7, 11) is 0. The van der Waals surface area contributed by atoms with Crippen molar-refractivity contribution in [2.75, 3.05) is 6.61 Å². The van der Waals surface area contributed by atoms with Gasteiger partial charge in [0.05, 0.1) is 13.2 Å². The third-order valence-electron chi connectivity index (χ3n) is 2.82. The van der Waals surface area contributed by atoms with E-state index in [0.29, 0.717) is 30.3 Å². The molecule has 2 N–H and O–H groups in total. The van der Waals surface area contributed by atoms with E-state index >= 15 is 0 Å². The average molecular weight is 274 g/mol. The van der Waals surface area contributed by atoms with Crippen molar-refractivity contribution >= 4 is 0 Å². The maximum atomic E-state index is 9.43. The number of ether oxygens (including phenoxy) is 2. The van der Waals surface area contributed by atoms with Crippen molar-refractivity contribution in [1.82, 2.24) is 0 Å². The van der Waals surface area contributed by atoms with Crippen LogP contribution in [-0.4, -0.2) is 16.8 Å². The Balaban J connectivity index is 2.19. The van der Waals surface area contributed by atoms with Gasteiger partial charge in [-0.25, -0.2) is 0 Å². The molecule has 2 aromatic rings. The van der Waals surface area contributed by atoms with Gasteiger partial charge in [-0.3, -0.25) is 0 Å². The van der Waals surface area contributed by atoms with Crippen molar-refractivity contribution in [3.8, 4) is 17.2 Å². The quantitative estimate of drug-likeness (QED) is 0.850. The highest BCUT2D eigenvalue weighted by Crippen LogP contribution is 2.32. The van der Waals surface area contributed by atoms with Gasteiger partial charge in [0.1, 0.15) is 12.4 Å². The second kappa shape index (κ2) is 6.82. The summed E-state index contributed by atoms with van der Waals surface area (Å²) in [5.74, 6) is 1.35. The first kappa shape index (κ1) is 14.2. The van der Waals surface area contributed by atoms with Crippen LogP contribution in [0.25, 0.3) is 0 Å². The highest BCUT2D eigenvalue weighted by molar-refractivity contribution is 5.46. The number of aliphatic hydroxyl groups is 1. The van der Waals surface area contributed by atoms with Gasteiger partial charge in [-0.1, -0.05) is 24.3 Å². The number of rotatable bonds is 6. The summed E-state index contributed by atoms with van der Waals surface area (Å²) < 4.78 is 11.3. The Kier molecular flexibility index (Phi) is 4.85. The van der Waals surface area contributed by atoms with Crippen LogP contribution < -0.4 is 9.47 Å². The zero-order valence-electron chi connectivity index (χ0n) is 11.4. The van der Waals surface area contributed by atoms with Crippen LogP contribution >= 0.6 is 0 Å². The van der Waals surface area contributed by atoms with E-state index in [1.807, 2.05) is 19.1 Å². The van der Waals surface area contributed by atoms with E-state index in [4.69, 9.17) is 9.47 Å². The summed E-state index contributed by atoms with van der Waals surface area (Å²) in [6.07, 6.45) is 0. The zero-order valence-corrected chi connectivity index (χ0v) is 11.4. The summed E-state index contributed by atoms with van der Waals surface area (Å²) in [6.45, 7) is 2.60. The molecule has 2 aromatic carbocycles. The molecule has 4 heteroatoms. The molecule has 106 valence electrons. The van der Waals surface area contributed by atoms with E-state index in [2.05, 4.69) is 0 Å². The number of aromatic hydroxyl groups is 1. The van der Waals surface area contributed by atoms with Crippen LogP contribution in [0.3, 0.4) is 0 Å².